The van der Waals surface area contributed by atoms with Gasteiger partial charge in [0.1, 0.15) is 0 Å². The summed E-state index contributed by atoms with van der Waals surface area (Å²) in [4.78, 5) is 10.5. The van der Waals surface area contributed by atoms with E-state index in [4.69, 9.17) is 4.74 Å². The maximum Gasteiger partial charge on any atom is 0.185 e. The lowest BCUT2D eigenvalue weighted by Gasteiger charge is -2.02. The fourth-order valence-corrected chi connectivity index (χ4v) is 1.68. The molecule has 1 rings (SSSR count). The molecule has 0 aromatic rings. The molecule has 1 aliphatic rings. The van der Waals surface area contributed by atoms with Crippen molar-refractivity contribution < 1.29 is 9.53 Å². The second kappa shape index (κ2) is 3.98. The Morgan fingerprint density at radius 2 is 2.60 bits per heavy atom. The van der Waals surface area contributed by atoms with Crippen LogP contribution in [0.5, 0.6) is 0 Å². The van der Waals surface area contributed by atoms with E-state index in [2.05, 4.69) is 0 Å². The van der Waals surface area contributed by atoms with Crippen LogP contribution >= 0.6 is 11.8 Å². The van der Waals surface area contributed by atoms with Crippen LogP contribution in [0.3, 0.4) is 0 Å². The molecule has 10 heavy (non-hydrogen) atoms. The van der Waals surface area contributed by atoms with Crippen molar-refractivity contribution >= 4 is 16.9 Å². The molecule has 1 aliphatic heterocycles. The van der Waals surface area contributed by atoms with E-state index in [-0.39, 0.29) is 5.12 Å². The van der Waals surface area contributed by atoms with E-state index in [1.54, 1.807) is 6.92 Å². The van der Waals surface area contributed by atoms with Gasteiger partial charge in [-0.2, -0.15) is 0 Å². The summed E-state index contributed by atoms with van der Waals surface area (Å²) in [5.41, 5.74) is 0. The first-order valence-corrected chi connectivity index (χ1v) is 4.48. The van der Waals surface area contributed by atoms with Crippen molar-refractivity contribution in [1.29, 1.82) is 0 Å². The minimum atomic E-state index is 0.215. The minimum absolute atomic E-state index is 0.215. The Labute approximate surface area is 65.3 Å². The highest BCUT2D eigenvalue weighted by Gasteiger charge is 2.15. The van der Waals surface area contributed by atoms with Crippen LogP contribution in [-0.4, -0.2) is 24.1 Å². The lowest BCUT2D eigenvalue weighted by molar-refractivity contribution is -0.109. The van der Waals surface area contributed by atoms with Gasteiger partial charge in [-0.25, -0.2) is 0 Å². The van der Waals surface area contributed by atoms with Gasteiger partial charge >= 0.3 is 0 Å². The Hall–Kier alpha value is -0.0200. The summed E-state index contributed by atoms with van der Waals surface area (Å²) in [6.07, 6.45) is 1.13. The molecule has 0 aromatic heterocycles. The number of ether oxygens (including phenoxy) is 1. The maximum atomic E-state index is 10.5. The zero-order valence-corrected chi connectivity index (χ0v) is 6.95. The standard InChI is InChI=1S/C7H12O2S/c1-6(8)10-5-7-2-3-9-4-7/h7H,2-5H2,1H3/t7-/m0/s1. The van der Waals surface area contributed by atoms with Gasteiger partial charge in [0.25, 0.3) is 0 Å². The zero-order valence-electron chi connectivity index (χ0n) is 6.13. The molecule has 2 nitrogen and oxygen atoms in total. The summed E-state index contributed by atoms with van der Waals surface area (Å²) in [5, 5.41) is 0.215. The van der Waals surface area contributed by atoms with Crippen LogP contribution < -0.4 is 0 Å². The summed E-state index contributed by atoms with van der Waals surface area (Å²) in [6.45, 7) is 3.34. The third-order valence-electron chi connectivity index (χ3n) is 1.55. The lowest BCUT2D eigenvalue weighted by Crippen LogP contribution is -2.03. The molecular formula is C7H12O2S. The SMILES string of the molecule is CC(=O)SC[C@H]1CCOC1. The van der Waals surface area contributed by atoms with E-state index >= 15 is 0 Å². The van der Waals surface area contributed by atoms with Crippen molar-refractivity contribution in [3.05, 3.63) is 0 Å². The molecule has 3 heteroatoms. The molecule has 0 N–H and O–H groups in total. The topological polar surface area (TPSA) is 26.3 Å². The second-order valence-corrected chi connectivity index (χ2v) is 3.73. The molecule has 0 saturated carbocycles. The Kier molecular flexibility index (Phi) is 3.22. The Balaban J connectivity index is 2.07. The van der Waals surface area contributed by atoms with E-state index in [0.29, 0.717) is 5.92 Å². The van der Waals surface area contributed by atoms with Crippen LogP contribution in [0, 0.1) is 5.92 Å². The first-order valence-electron chi connectivity index (χ1n) is 3.50. The highest BCUT2D eigenvalue weighted by Crippen LogP contribution is 2.17. The Morgan fingerprint density at radius 1 is 1.80 bits per heavy atom. The van der Waals surface area contributed by atoms with E-state index in [1.165, 1.54) is 11.8 Å². The third-order valence-corrected chi connectivity index (χ3v) is 2.59. The van der Waals surface area contributed by atoms with Crippen molar-refractivity contribution in [2.24, 2.45) is 5.92 Å². The van der Waals surface area contributed by atoms with Gasteiger partial charge in [0.2, 0.25) is 0 Å². The number of carbonyl (C=O) groups is 1. The normalized spacial score (nSPS) is 25.1. The van der Waals surface area contributed by atoms with Crippen LogP contribution in [0.25, 0.3) is 0 Å². The first-order chi connectivity index (χ1) is 4.79. The largest absolute Gasteiger partial charge is 0.381 e. The summed E-state index contributed by atoms with van der Waals surface area (Å²) in [5.74, 6) is 1.56. The highest BCUT2D eigenvalue weighted by molar-refractivity contribution is 8.13. The van der Waals surface area contributed by atoms with Gasteiger partial charge in [-0.3, -0.25) is 4.79 Å². The molecule has 1 atom stereocenters. The highest BCUT2D eigenvalue weighted by atomic mass is 32.2. The predicted molar refractivity (Wildman–Crippen MR) is 42.1 cm³/mol. The molecule has 0 bridgehead atoms. The molecule has 0 radical (unpaired) electrons. The van der Waals surface area contributed by atoms with Gasteiger partial charge in [-0.15, -0.1) is 0 Å². The summed E-state index contributed by atoms with van der Waals surface area (Å²) >= 11 is 1.41. The Bertz CT molecular complexity index is 119. The van der Waals surface area contributed by atoms with Gasteiger partial charge in [0.15, 0.2) is 5.12 Å². The molecule has 58 valence electrons. The number of hydrogen-bond donors (Lipinski definition) is 0. The van der Waals surface area contributed by atoms with Gasteiger partial charge in [0, 0.05) is 19.3 Å². The average Bonchev–Trinajstić information content (AvgIpc) is 2.34. The number of hydrogen-bond acceptors (Lipinski definition) is 3. The van der Waals surface area contributed by atoms with Crippen molar-refractivity contribution in [3.8, 4) is 0 Å². The lowest BCUT2D eigenvalue weighted by atomic mass is 10.2. The van der Waals surface area contributed by atoms with Gasteiger partial charge < -0.3 is 4.74 Å². The minimum Gasteiger partial charge on any atom is -0.381 e. The second-order valence-electron chi connectivity index (χ2n) is 2.53. The zero-order chi connectivity index (χ0) is 7.40. The maximum absolute atomic E-state index is 10.5. The smallest absolute Gasteiger partial charge is 0.185 e. The van der Waals surface area contributed by atoms with Crippen LogP contribution in [0.2, 0.25) is 0 Å². The fourth-order valence-electron chi connectivity index (χ4n) is 0.950. The van der Waals surface area contributed by atoms with Crippen molar-refractivity contribution in [2.45, 2.75) is 13.3 Å². The fraction of sp³-hybridized carbons (Fsp3) is 0.857. The van der Waals surface area contributed by atoms with Crippen LogP contribution in [0.4, 0.5) is 0 Å². The molecule has 0 aromatic carbocycles. The third kappa shape index (κ3) is 2.71. The number of carbonyl (C=O) groups excluding carboxylic acids is 1. The first kappa shape index (κ1) is 8.08. The van der Waals surface area contributed by atoms with Crippen molar-refractivity contribution in [1.82, 2.24) is 0 Å². The summed E-state index contributed by atoms with van der Waals surface area (Å²) in [7, 11) is 0. The average molecular weight is 160 g/mol. The van der Waals surface area contributed by atoms with Crippen LogP contribution in [0.15, 0.2) is 0 Å². The van der Waals surface area contributed by atoms with E-state index in [0.717, 1.165) is 25.4 Å². The molecular weight excluding hydrogens is 148 g/mol. The molecule has 0 unspecified atom stereocenters. The van der Waals surface area contributed by atoms with Gasteiger partial charge in [0.05, 0.1) is 6.61 Å². The van der Waals surface area contributed by atoms with Crippen molar-refractivity contribution in [3.63, 3.8) is 0 Å². The molecule has 1 saturated heterocycles. The molecule has 1 fully saturated rings. The molecule has 0 amide bonds. The van der Waals surface area contributed by atoms with E-state index in [1.807, 2.05) is 0 Å². The number of rotatable bonds is 2. The molecule has 1 heterocycles. The van der Waals surface area contributed by atoms with Crippen LogP contribution in [-0.2, 0) is 9.53 Å². The van der Waals surface area contributed by atoms with E-state index in [9.17, 15) is 4.79 Å². The summed E-state index contributed by atoms with van der Waals surface area (Å²) in [6, 6.07) is 0. The van der Waals surface area contributed by atoms with Gasteiger partial charge in [-0.05, 0) is 12.3 Å². The number of thioether (sulfide) groups is 1. The monoisotopic (exact) mass is 160 g/mol. The van der Waals surface area contributed by atoms with Crippen LogP contribution in [0.1, 0.15) is 13.3 Å². The Morgan fingerprint density at radius 3 is 3.10 bits per heavy atom. The molecule has 0 aliphatic carbocycles. The molecule has 0 spiro atoms. The van der Waals surface area contributed by atoms with E-state index < -0.39 is 0 Å². The predicted octanol–water partition coefficient (Wildman–Crippen LogP) is 1.30. The quantitative estimate of drug-likeness (QED) is 0.609. The van der Waals surface area contributed by atoms with Gasteiger partial charge in [-0.1, -0.05) is 11.8 Å². The van der Waals surface area contributed by atoms with Crippen molar-refractivity contribution in [2.75, 3.05) is 19.0 Å². The summed E-state index contributed by atoms with van der Waals surface area (Å²) < 4.78 is 5.16.